The predicted molar refractivity (Wildman–Crippen MR) is 77.8 cm³/mol. The van der Waals surface area contributed by atoms with Gasteiger partial charge in [-0.15, -0.1) is 0 Å². The van der Waals surface area contributed by atoms with Crippen LogP contribution in [0.15, 0.2) is 0 Å². The molecule has 0 aromatic rings. The van der Waals surface area contributed by atoms with Crippen molar-refractivity contribution >= 4 is 0 Å². The van der Waals surface area contributed by atoms with Crippen LogP contribution in [0.4, 0.5) is 0 Å². The highest BCUT2D eigenvalue weighted by Crippen LogP contribution is 2.27. The van der Waals surface area contributed by atoms with E-state index in [1.54, 1.807) is 0 Å². The van der Waals surface area contributed by atoms with Crippen LogP contribution in [-0.2, 0) is 0 Å². The normalized spacial score (nSPS) is 24.3. The second-order valence-electron chi connectivity index (χ2n) is 5.92. The first-order valence-electron chi connectivity index (χ1n) is 7.77. The molecule has 0 aromatic heterocycles. The van der Waals surface area contributed by atoms with E-state index in [2.05, 4.69) is 31.0 Å². The minimum Gasteiger partial charge on any atom is -0.396 e. The maximum atomic E-state index is 8.99. The van der Waals surface area contributed by atoms with Gasteiger partial charge in [0, 0.05) is 31.8 Å². The molecule has 3 heteroatoms. The summed E-state index contributed by atoms with van der Waals surface area (Å²) >= 11 is 0. The highest BCUT2D eigenvalue weighted by atomic mass is 16.3. The zero-order valence-electron chi connectivity index (χ0n) is 12.5. The summed E-state index contributed by atoms with van der Waals surface area (Å²) in [6.45, 7) is 10.5. The molecule has 1 rings (SSSR count). The molecule has 0 amide bonds. The van der Waals surface area contributed by atoms with Crippen molar-refractivity contribution in [1.82, 2.24) is 10.2 Å². The number of nitrogens with zero attached hydrogens (tertiary/aromatic N) is 1. The van der Waals surface area contributed by atoms with Crippen molar-refractivity contribution in [3.8, 4) is 0 Å². The third-order valence-corrected chi connectivity index (χ3v) is 4.12. The van der Waals surface area contributed by atoms with E-state index in [1.165, 1.54) is 32.2 Å². The highest BCUT2D eigenvalue weighted by Gasteiger charge is 2.28. The summed E-state index contributed by atoms with van der Waals surface area (Å²) < 4.78 is 0. The lowest BCUT2D eigenvalue weighted by molar-refractivity contribution is 0.158. The monoisotopic (exact) mass is 256 g/mol. The molecule has 3 nitrogen and oxygen atoms in total. The zero-order valence-corrected chi connectivity index (χ0v) is 12.5. The van der Waals surface area contributed by atoms with Crippen LogP contribution in [0.3, 0.4) is 0 Å². The van der Waals surface area contributed by atoms with Crippen LogP contribution < -0.4 is 5.32 Å². The van der Waals surface area contributed by atoms with E-state index in [1.807, 2.05) is 0 Å². The van der Waals surface area contributed by atoms with Gasteiger partial charge in [0.2, 0.25) is 0 Å². The highest BCUT2D eigenvalue weighted by molar-refractivity contribution is 4.85. The fourth-order valence-electron chi connectivity index (χ4n) is 2.99. The molecule has 0 aromatic carbocycles. The zero-order chi connectivity index (χ0) is 13.4. The Hall–Kier alpha value is -0.120. The van der Waals surface area contributed by atoms with Crippen LogP contribution >= 0.6 is 0 Å². The summed E-state index contributed by atoms with van der Waals surface area (Å²) in [5.74, 6) is 0.803. The Labute approximate surface area is 113 Å². The number of hydrogen-bond donors (Lipinski definition) is 2. The fourth-order valence-corrected chi connectivity index (χ4v) is 2.99. The quantitative estimate of drug-likeness (QED) is 0.664. The minimum atomic E-state index is 0.311. The first-order chi connectivity index (χ1) is 8.69. The maximum Gasteiger partial charge on any atom is 0.0443 e. The van der Waals surface area contributed by atoms with Crippen LogP contribution in [0.25, 0.3) is 0 Å². The third kappa shape index (κ3) is 5.25. The van der Waals surface area contributed by atoms with Crippen molar-refractivity contribution in [3.05, 3.63) is 0 Å². The molecule has 108 valence electrons. The Morgan fingerprint density at radius 3 is 2.72 bits per heavy atom. The Morgan fingerprint density at radius 2 is 2.11 bits per heavy atom. The van der Waals surface area contributed by atoms with Crippen molar-refractivity contribution in [2.75, 3.05) is 26.2 Å². The number of aliphatic hydroxyl groups excluding tert-OH is 1. The van der Waals surface area contributed by atoms with Crippen molar-refractivity contribution in [1.29, 1.82) is 0 Å². The van der Waals surface area contributed by atoms with Gasteiger partial charge in [-0.25, -0.2) is 0 Å². The van der Waals surface area contributed by atoms with Crippen LogP contribution in [0.5, 0.6) is 0 Å². The number of aliphatic hydroxyl groups is 1. The van der Waals surface area contributed by atoms with Crippen molar-refractivity contribution < 1.29 is 5.11 Å². The smallest absolute Gasteiger partial charge is 0.0443 e. The maximum absolute atomic E-state index is 8.99. The Balaban J connectivity index is 2.40. The molecular weight excluding hydrogens is 224 g/mol. The van der Waals surface area contributed by atoms with Crippen LogP contribution in [0.2, 0.25) is 0 Å². The van der Waals surface area contributed by atoms with E-state index in [-0.39, 0.29) is 0 Å². The molecule has 0 bridgehead atoms. The number of rotatable bonds is 9. The van der Waals surface area contributed by atoms with Gasteiger partial charge >= 0.3 is 0 Å². The van der Waals surface area contributed by atoms with Gasteiger partial charge in [-0.1, -0.05) is 13.3 Å². The van der Waals surface area contributed by atoms with Crippen molar-refractivity contribution in [3.63, 3.8) is 0 Å². The molecule has 0 spiro atoms. The molecule has 1 fully saturated rings. The van der Waals surface area contributed by atoms with Gasteiger partial charge in [-0.3, -0.25) is 0 Å². The SMILES string of the molecule is CCCNC1CCCC1CN(CCCO)C(C)C. The van der Waals surface area contributed by atoms with Gasteiger partial charge in [0.25, 0.3) is 0 Å². The molecule has 1 aliphatic rings. The second kappa shape index (κ2) is 8.89. The molecule has 0 radical (unpaired) electrons. The van der Waals surface area contributed by atoms with Gasteiger partial charge in [0.1, 0.15) is 0 Å². The lowest BCUT2D eigenvalue weighted by atomic mass is 10.0. The van der Waals surface area contributed by atoms with Gasteiger partial charge in [-0.05, 0) is 52.0 Å². The summed E-state index contributed by atoms with van der Waals surface area (Å²) in [7, 11) is 0. The first-order valence-corrected chi connectivity index (χ1v) is 7.77. The molecule has 0 heterocycles. The summed E-state index contributed by atoms with van der Waals surface area (Å²) in [4.78, 5) is 2.53. The molecule has 1 aliphatic carbocycles. The molecule has 1 saturated carbocycles. The van der Waals surface area contributed by atoms with Gasteiger partial charge in [0.05, 0.1) is 0 Å². The lowest BCUT2D eigenvalue weighted by Gasteiger charge is -2.31. The van der Waals surface area contributed by atoms with Crippen LogP contribution in [0, 0.1) is 5.92 Å². The standard InChI is InChI=1S/C15H32N2O/c1-4-9-16-15-8-5-7-14(15)12-17(13(2)3)10-6-11-18/h13-16,18H,4-12H2,1-3H3. The van der Waals surface area contributed by atoms with E-state index in [0.717, 1.165) is 31.5 Å². The Kier molecular flexibility index (Phi) is 7.87. The van der Waals surface area contributed by atoms with Gasteiger partial charge in [0.15, 0.2) is 0 Å². The van der Waals surface area contributed by atoms with Gasteiger partial charge < -0.3 is 15.3 Å². The minimum absolute atomic E-state index is 0.311. The van der Waals surface area contributed by atoms with Crippen LogP contribution in [-0.4, -0.2) is 48.3 Å². The molecule has 2 unspecified atom stereocenters. The van der Waals surface area contributed by atoms with E-state index in [9.17, 15) is 0 Å². The second-order valence-corrected chi connectivity index (χ2v) is 5.92. The first kappa shape index (κ1) is 15.9. The molecule has 18 heavy (non-hydrogen) atoms. The Morgan fingerprint density at radius 1 is 1.33 bits per heavy atom. The lowest BCUT2D eigenvalue weighted by Crippen LogP contribution is -2.42. The number of hydrogen-bond acceptors (Lipinski definition) is 3. The predicted octanol–water partition coefficient (Wildman–Crippen LogP) is 2.25. The molecule has 0 saturated heterocycles. The summed E-state index contributed by atoms with van der Waals surface area (Å²) in [6.07, 6.45) is 6.21. The summed E-state index contributed by atoms with van der Waals surface area (Å²) in [5.41, 5.74) is 0. The summed E-state index contributed by atoms with van der Waals surface area (Å²) in [5, 5.41) is 12.7. The van der Waals surface area contributed by atoms with Crippen LogP contribution in [0.1, 0.15) is 52.9 Å². The summed E-state index contributed by atoms with van der Waals surface area (Å²) in [6, 6.07) is 1.31. The number of nitrogens with one attached hydrogen (secondary N) is 1. The largest absolute Gasteiger partial charge is 0.396 e. The third-order valence-electron chi connectivity index (χ3n) is 4.12. The molecule has 2 atom stereocenters. The molecular formula is C15H32N2O. The van der Waals surface area contributed by atoms with Gasteiger partial charge in [-0.2, -0.15) is 0 Å². The Bertz CT molecular complexity index is 209. The van der Waals surface area contributed by atoms with E-state index >= 15 is 0 Å². The average molecular weight is 256 g/mol. The fraction of sp³-hybridized carbons (Fsp3) is 1.00. The molecule has 2 N–H and O–H groups in total. The van der Waals surface area contributed by atoms with Crippen molar-refractivity contribution in [2.24, 2.45) is 5.92 Å². The van der Waals surface area contributed by atoms with E-state index in [0.29, 0.717) is 12.6 Å². The average Bonchev–Trinajstić information content (AvgIpc) is 2.78. The van der Waals surface area contributed by atoms with E-state index < -0.39 is 0 Å². The molecule has 0 aliphatic heterocycles. The topological polar surface area (TPSA) is 35.5 Å². The van der Waals surface area contributed by atoms with E-state index in [4.69, 9.17) is 5.11 Å². The van der Waals surface area contributed by atoms with Crippen molar-refractivity contribution in [2.45, 2.75) is 65.0 Å².